The normalized spacial score (nSPS) is 9.47. The molecule has 0 heterocycles. The summed E-state index contributed by atoms with van der Waals surface area (Å²) in [6, 6.07) is 5.60. The summed E-state index contributed by atoms with van der Waals surface area (Å²) in [6.07, 6.45) is 1.81. The molecule has 0 aliphatic carbocycles. The number of aldehydes is 1. The SMILES string of the molecule is C.CC.O=C/C=C(\Cl)c1ccc(F)cc1. The first kappa shape index (κ1) is 16.3. The monoisotopic (exact) mass is 230 g/mol. The number of benzene rings is 1. The molecule has 0 aliphatic rings. The Labute approximate surface area is 95.6 Å². The minimum absolute atomic E-state index is 0. The largest absolute Gasteiger partial charge is 0.299 e. The molecule has 0 aromatic heterocycles. The van der Waals surface area contributed by atoms with Gasteiger partial charge in [0, 0.05) is 0 Å². The summed E-state index contributed by atoms with van der Waals surface area (Å²) in [5.74, 6) is -0.325. The highest BCUT2D eigenvalue weighted by Gasteiger charge is 1.96. The van der Waals surface area contributed by atoms with Crippen molar-refractivity contribution >= 4 is 22.9 Å². The third-order valence-corrected chi connectivity index (χ3v) is 1.68. The van der Waals surface area contributed by atoms with E-state index in [-0.39, 0.29) is 13.2 Å². The molecule has 1 rings (SSSR count). The lowest BCUT2D eigenvalue weighted by Crippen LogP contribution is -1.78. The fraction of sp³-hybridized carbons (Fsp3) is 0.250. The van der Waals surface area contributed by atoms with Crippen LogP contribution in [-0.2, 0) is 4.79 Å². The van der Waals surface area contributed by atoms with Crippen molar-refractivity contribution in [3.63, 3.8) is 0 Å². The van der Waals surface area contributed by atoms with E-state index in [0.717, 1.165) is 0 Å². The van der Waals surface area contributed by atoms with E-state index in [1.807, 2.05) is 13.8 Å². The number of carbonyl (C=O) groups excluding carboxylic acids is 1. The van der Waals surface area contributed by atoms with E-state index in [1.165, 1.54) is 30.3 Å². The highest BCUT2D eigenvalue weighted by atomic mass is 35.5. The predicted octanol–water partition coefficient (Wildman–Crippen LogP) is 4.27. The average Bonchev–Trinajstić information content (AvgIpc) is 2.22. The van der Waals surface area contributed by atoms with Crippen LogP contribution >= 0.6 is 11.6 Å². The molecule has 0 saturated heterocycles. The van der Waals surface area contributed by atoms with E-state index in [2.05, 4.69) is 0 Å². The Kier molecular flexibility index (Phi) is 10.2. The van der Waals surface area contributed by atoms with Crippen LogP contribution in [0.5, 0.6) is 0 Å². The zero-order valence-electron chi connectivity index (χ0n) is 8.13. The summed E-state index contributed by atoms with van der Waals surface area (Å²) in [6.45, 7) is 4.00. The predicted molar refractivity (Wildman–Crippen MR) is 64.4 cm³/mol. The second-order valence-corrected chi connectivity index (χ2v) is 2.56. The first-order valence-corrected chi connectivity index (χ1v) is 4.69. The van der Waals surface area contributed by atoms with Crippen molar-refractivity contribution in [3.05, 3.63) is 41.7 Å². The van der Waals surface area contributed by atoms with Crippen LogP contribution < -0.4 is 0 Å². The van der Waals surface area contributed by atoms with Gasteiger partial charge in [-0.25, -0.2) is 4.39 Å². The maximum absolute atomic E-state index is 12.4. The van der Waals surface area contributed by atoms with Gasteiger partial charge in [0.1, 0.15) is 12.1 Å². The van der Waals surface area contributed by atoms with Gasteiger partial charge in [0.15, 0.2) is 0 Å². The minimum atomic E-state index is -0.325. The van der Waals surface area contributed by atoms with Crippen LogP contribution in [0.3, 0.4) is 0 Å². The van der Waals surface area contributed by atoms with Crippen LogP contribution in [0.15, 0.2) is 30.3 Å². The van der Waals surface area contributed by atoms with Crippen molar-refractivity contribution < 1.29 is 9.18 Å². The van der Waals surface area contributed by atoms with Gasteiger partial charge >= 0.3 is 0 Å². The second kappa shape index (κ2) is 9.41. The maximum Gasteiger partial charge on any atom is 0.144 e. The topological polar surface area (TPSA) is 17.1 Å². The summed E-state index contributed by atoms with van der Waals surface area (Å²) >= 11 is 5.67. The number of carbonyl (C=O) groups is 1. The molecule has 0 amide bonds. The minimum Gasteiger partial charge on any atom is -0.299 e. The number of halogens is 2. The molecular weight excluding hydrogens is 215 g/mol. The van der Waals surface area contributed by atoms with Gasteiger partial charge in [0.05, 0.1) is 5.03 Å². The molecule has 0 bridgehead atoms. The number of rotatable bonds is 2. The van der Waals surface area contributed by atoms with Crippen molar-refractivity contribution in [2.24, 2.45) is 0 Å². The van der Waals surface area contributed by atoms with Crippen LogP contribution in [0.1, 0.15) is 26.8 Å². The lowest BCUT2D eigenvalue weighted by Gasteiger charge is -1.95. The molecule has 0 unspecified atom stereocenters. The summed E-state index contributed by atoms with van der Waals surface area (Å²) < 4.78 is 12.4. The van der Waals surface area contributed by atoms with Crippen LogP contribution in [0.25, 0.3) is 5.03 Å². The van der Waals surface area contributed by atoms with Gasteiger partial charge in [0.25, 0.3) is 0 Å². The zero-order chi connectivity index (χ0) is 11.0. The summed E-state index contributed by atoms with van der Waals surface area (Å²) in [5, 5.41) is 0.310. The van der Waals surface area contributed by atoms with E-state index < -0.39 is 0 Å². The molecule has 0 saturated carbocycles. The standard InChI is InChI=1S/C9H6ClFO.C2H6.CH4/c10-9(5-6-12)7-1-3-8(11)4-2-7;1-2;/h1-6H;1-2H3;1H4/b9-5-;;. The molecule has 1 aromatic carbocycles. The molecule has 1 nitrogen and oxygen atoms in total. The lowest BCUT2D eigenvalue weighted by molar-refractivity contribution is -0.104. The molecule has 0 N–H and O–H groups in total. The second-order valence-electron chi connectivity index (χ2n) is 2.16. The molecule has 1 aromatic rings. The Morgan fingerprint density at radius 2 is 1.73 bits per heavy atom. The van der Waals surface area contributed by atoms with Crippen LogP contribution in [0.4, 0.5) is 4.39 Å². The molecule has 84 valence electrons. The van der Waals surface area contributed by atoms with Crippen molar-refractivity contribution in [2.75, 3.05) is 0 Å². The van der Waals surface area contributed by atoms with Gasteiger partial charge in [0.2, 0.25) is 0 Å². The van der Waals surface area contributed by atoms with Crippen LogP contribution in [0, 0.1) is 5.82 Å². The van der Waals surface area contributed by atoms with Gasteiger partial charge in [-0.2, -0.15) is 0 Å². The van der Waals surface area contributed by atoms with Crippen molar-refractivity contribution in [2.45, 2.75) is 21.3 Å². The number of allylic oxidation sites excluding steroid dienone is 1. The maximum atomic E-state index is 12.4. The molecule has 0 fully saturated rings. The number of hydrogen-bond donors (Lipinski definition) is 0. The lowest BCUT2D eigenvalue weighted by atomic mass is 10.2. The molecule has 0 spiro atoms. The number of hydrogen-bond acceptors (Lipinski definition) is 1. The Morgan fingerprint density at radius 3 is 2.13 bits per heavy atom. The highest BCUT2D eigenvalue weighted by molar-refractivity contribution is 6.49. The quantitative estimate of drug-likeness (QED) is 0.548. The highest BCUT2D eigenvalue weighted by Crippen LogP contribution is 2.17. The van der Waals surface area contributed by atoms with E-state index in [0.29, 0.717) is 16.9 Å². The zero-order valence-corrected chi connectivity index (χ0v) is 8.88. The molecule has 15 heavy (non-hydrogen) atoms. The Morgan fingerprint density at radius 1 is 1.27 bits per heavy atom. The third kappa shape index (κ3) is 6.02. The van der Waals surface area contributed by atoms with E-state index in [1.54, 1.807) is 0 Å². The third-order valence-electron chi connectivity index (χ3n) is 1.33. The Bertz CT molecular complexity index is 304. The van der Waals surface area contributed by atoms with E-state index in [9.17, 15) is 9.18 Å². The fourth-order valence-corrected chi connectivity index (χ4v) is 0.942. The van der Waals surface area contributed by atoms with Crippen molar-refractivity contribution in [3.8, 4) is 0 Å². The average molecular weight is 231 g/mol. The molecular formula is C12H16ClFO. The van der Waals surface area contributed by atoms with Gasteiger partial charge < -0.3 is 0 Å². The summed E-state index contributed by atoms with van der Waals surface area (Å²) in [7, 11) is 0. The van der Waals surface area contributed by atoms with E-state index >= 15 is 0 Å². The fourth-order valence-electron chi connectivity index (χ4n) is 0.765. The molecule has 0 radical (unpaired) electrons. The van der Waals surface area contributed by atoms with Crippen LogP contribution in [-0.4, -0.2) is 6.29 Å². The summed E-state index contributed by atoms with van der Waals surface area (Å²) in [4.78, 5) is 10.0. The van der Waals surface area contributed by atoms with E-state index in [4.69, 9.17) is 11.6 Å². The summed E-state index contributed by atoms with van der Waals surface area (Å²) in [5.41, 5.74) is 0.630. The Hall–Kier alpha value is -1.15. The van der Waals surface area contributed by atoms with Gasteiger partial charge in [-0.3, -0.25) is 4.79 Å². The van der Waals surface area contributed by atoms with Crippen molar-refractivity contribution in [1.82, 2.24) is 0 Å². The smallest absolute Gasteiger partial charge is 0.144 e. The van der Waals surface area contributed by atoms with Gasteiger partial charge in [-0.1, -0.05) is 45.0 Å². The van der Waals surface area contributed by atoms with Crippen LogP contribution in [0.2, 0.25) is 0 Å². The van der Waals surface area contributed by atoms with Gasteiger partial charge in [-0.05, 0) is 23.8 Å². The molecule has 3 heteroatoms. The first-order chi connectivity index (χ1) is 6.74. The first-order valence-electron chi connectivity index (χ1n) is 4.31. The van der Waals surface area contributed by atoms with Crippen molar-refractivity contribution in [1.29, 1.82) is 0 Å². The molecule has 0 aliphatic heterocycles. The Balaban J connectivity index is 0. The molecule has 0 atom stereocenters. The van der Waals surface area contributed by atoms with Gasteiger partial charge in [-0.15, -0.1) is 0 Å².